The molecular weight excluding hydrogens is 434 g/mol. The fourth-order valence-corrected chi connectivity index (χ4v) is 5.08. The second-order valence-corrected chi connectivity index (χ2v) is 10.1. The third-order valence-electron chi connectivity index (χ3n) is 6.29. The maximum absolute atomic E-state index is 13.0. The number of urea groups is 1. The zero-order valence-electron chi connectivity index (χ0n) is 20.0. The molecule has 0 saturated carbocycles. The zero-order valence-corrected chi connectivity index (χ0v) is 20.7. The third-order valence-corrected chi connectivity index (χ3v) is 6.54. The van der Waals surface area contributed by atoms with Gasteiger partial charge in [0.1, 0.15) is 5.70 Å². The lowest BCUT2D eigenvalue weighted by atomic mass is 9.85. The number of halogens is 1. The summed E-state index contributed by atoms with van der Waals surface area (Å²) in [6.07, 6.45) is 4.07. The standard InChI is InChI=1S/C27H30ClN3O2/c1-16(2)31-24-11-17(3)20(12-22(24)18(4)14-27(31,5)6)13-23-25(32)30(26(33)29-23)15-19-7-9-21(28)10-8-19/h7-14,16H,15H2,1-6H3,(H,29,33)/b23-13-. The van der Waals surface area contributed by atoms with E-state index in [1.165, 1.54) is 16.2 Å². The summed E-state index contributed by atoms with van der Waals surface area (Å²) in [7, 11) is 0. The summed E-state index contributed by atoms with van der Waals surface area (Å²) < 4.78 is 0. The second kappa shape index (κ2) is 8.38. The molecule has 2 aliphatic rings. The van der Waals surface area contributed by atoms with E-state index in [4.69, 9.17) is 11.6 Å². The Morgan fingerprint density at radius 2 is 1.76 bits per heavy atom. The van der Waals surface area contributed by atoms with E-state index in [0.29, 0.717) is 11.1 Å². The lowest BCUT2D eigenvalue weighted by Crippen LogP contribution is -2.49. The SMILES string of the molecule is CC1=CC(C)(C)N(C(C)C)c2cc(C)c(/C=C3\NC(=O)N(Cc4ccc(Cl)cc4)C3=O)cc21. The number of hydrogen-bond acceptors (Lipinski definition) is 3. The number of nitrogens with zero attached hydrogens (tertiary/aromatic N) is 2. The molecule has 0 unspecified atom stereocenters. The quantitative estimate of drug-likeness (QED) is 0.437. The van der Waals surface area contributed by atoms with Crippen molar-refractivity contribution in [3.05, 3.63) is 75.4 Å². The molecule has 2 aromatic carbocycles. The molecule has 0 aliphatic carbocycles. The predicted molar refractivity (Wildman–Crippen MR) is 135 cm³/mol. The van der Waals surface area contributed by atoms with Gasteiger partial charge in [-0.2, -0.15) is 0 Å². The van der Waals surface area contributed by atoms with Crippen LogP contribution in [-0.2, 0) is 11.3 Å². The van der Waals surface area contributed by atoms with Crippen LogP contribution in [0.1, 0.15) is 56.9 Å². The van der Waals surface area contributed by atoms with Gasteiger partial charge in [0.25, 0.3) is 5.91 Å². The van der Waals surface area contributed by atoms with E-state index in [0.717, 1.165) is 22.3 Å². The van der Waals surface area contributed by atoms with Gasteiger partial charge in [-0.1, -0.05) is 29.8 Å². The minimum atomic E-state index is -0.416. The summed E-state index contributed by atoms with van der Waals surface area (Å²) in [5.74, 6) is -0.329. The number of allylic oxidation sites excluding steroid dienone is 1. The van der Waals surface area contributed by atoms with Crippen molar-refractivity contribution in [3.63, 3.8) is 0 Å². The predicted octanol–water partition coefficient (Wildman–Crippen LogP) is 6.15. The number of amides is 3. The third kappa shape index (κ3) is 4.30. The van der Waals surface area contributed by atoms with Crippen LogP contribution >= 0.6 is 11.6 Å². The molecule has 0 atom stereocenters. The van der Waals surface area contributed by atoms with E-state index in [2.05, 4.69) is 63.0 Å². The number of imide groups is 1. The van der Waals surface area contributed by atoms with Crippen molar-refractivity contribution in [3.8, 4) is 0 Å². The largest absolute Gasteiger partial charge is 0.360 e. The number of hydrogen-bond donors (Lipinski definition) is 1. The molecule has 172 valence electrons. The van der Waals surface area contributed by atoms with Crippen LogP contribution in [0.15, 0.2) is 48.2 Å². The zero-order chi connectivity index (χ0) is 24.1. The van der Waals surface area contributed by atoms with Crippen LogP contribution in [0.3, 0.4) is 0 Å². The Bertz CT molecular complexity index is 1190. The molecule has 0 bridgehead atoms. The molecule has 1 fully saturated rings. The Hall–Kier alpha value is -3.05. The van der Waals surface area contributed by atoms with E-state index >= 15 is 0 Å². The molecule has 0 radical (unpaired) electrons. The molecule has 5 nitrogen and oxygen atoms in total. The van der Waals surface area contributed by atoms with Gasteiger partial charge in [-0.3, -0.25) is 9.69 Å². The molecule has 2 aromatic rings. The van der Waals surface area contributed by atoms with E-state index in [1.807, 2.05) is 19.1 Å². The molecule has 2 aliphatic heterocycles. The smallest absolute Gasteiger partial charge is 0.329 e. The Morgan fingerprint density at radius 1 is 1.09 bits per heavy atom. The van der Waals surface area contributed by atoms with Crippen molar-refractivity contribution in [2.24, 2.45) is 0 Å². The van der Waals surface area contributed by atoms with Crippen molar-refractivity contribution in [2.75, 3.05) is 4.90 Å². The maximum Gasteiger partial charge on any atom is 0.329 e. The highest BCUT2D eigenvalue weighted by atomic mass is 35.5. The summed E-state index contributed by atoms with van der Waals surface area (Å²) in [5, 5.41) is 3.35. The lowest BCUT2D eigenvalue weighted by molar-refractivity contribution is -0.123. The molecule has 2 heterocycles. The highest BCUT2D eigenvalue weighted by molar-refractivity contribution is 6.30. The minimum Gasteiger partial charge on any atom is -0.360 e. The number of fused-ring (bicyclic) bond motifs is 1. The second-order valence-electron chi connectivity index (χ2n) is 9.68. The number of anilines is 1. The van der Waals surface area contributed by atoms with Crippen molar-refractivity contribution < 1.29 is 9.59 Å². The molecule has 4 rings (SSSR count). The first kappa shape index (κ1) is 23.1. The van der Waals surface area contributed by atoms with Gasteiger partial charge in [-0.25, -0.2) is 4.79 Å². The number of aryl methyl sites for hydroxylation is 1. The topological polar surface area (TPSA) is 52.7 Å². The average molecular weight is 464 g/mol. The van der Waals surface area contributed by atoms with Crippen LogP contribution in [-0.4, -0.2) is 28.4 Å². The highest BCUT2D eigenvalue weighted by Gasteiger charge is 2.35. The normalized spacial score (nSPS) is 18.7. The maximum atomic E-state index is 13.0. The Morgan fingerprint density at radius 3 is 2.39 bits per heavy atom. The van der Waals surface area contributed by atoms with E-state index < -0.39 is 6.03 Å². The van der Waals surface area contributed by atoms with E-state index in [1.54, 1.807) is 18.2 Å². The molecule has 3 amide bonds. The summed E-state index contributed by atoms with van der Waals surface area (Å²) in [6, 6.07) is 11.4. The Kier molecular flexibility index (Phi) is 5.87. The Labute approximate surface area is 200 Å². The number of carbonyl (C=O) groups is 2. The van der Waals surface area contributed by atoms with E-state index in [9.17, 15) is 9.59 Å². The van der Waals surface area contributed by atoms with Gasteiger partial charge in [0.15, 0.2) is 0 Å². The van der Waals surface area contributed by atoms with Gasteiger partial charge >= 0.3 is 6.03 Å². The van der Waals surface area contributed by atoms with Crippen LogP contribution in [0.2, 0.25) is 5.02 Å². The number of nitrogens with one attached hydrogen (secondary N) is 1. The monoisotopic (exact) mass is 463 g/mol. The van der Waals surface area contributed by atoms with Crippen LogP contribution in [0.25, 0.3) is 11.6 Å². The molecule has 0 aromatic heterocycles. The van der Waals surface area contributed by atoms with Gasteiger partial charge in [0.05, 0.1) is 12.1 Å². The first-order valence-corrected chi connectivity index (χ1v) is 11.6. The summed E-state index contributed by atoms with van der Waals surface area (Å²) in [4.78, 5) is 29.2. The van der Waals surface area contributed by atoms with Crippen LogP contribution < -0.4 is 10.2 Å². The number of benzene rings is 2. The molecule has 33 heavy (non-hydrogen) atoms. The first-order chi connectivity index (χ1) is 15.5. The fourth-order valence-electron chi connectivity index (χ4n) is 4.95. The number of rotatable bonds is 4. The van der Waals surface area contributed by atoms with Gasteiger partial charge < -0.3 is 10.2 Å². The van der Waals surface area contributed by atoms with Crippen molar-refractivity contribution in [2.45, 2.75) is 59.7 Å². The molecule has 0 spiro atoms. The minimum absolute atomic E-state index is 0.0881. The first-order valence-electron chi connectivity index (χ1n) is 11.2. The van der Waals surface area contributed by atoms with Crippen molar-refractivity contribution in [1.82, 2.24) is 10.2 Å². The summed E-state index contributed by atoms with van der Waals surface area (Å²) in [6.45, 7) is 13.2. The van der Waals surface area contributed by atoms with Gasteiger partial charge in [-0.05, 0) is 94.1 Å². The van der Waals surface area contributed by atoms with Crippen LogP contribution in [0.5, 0.6) is 0 Å². The molecular formula is C27H30ClN3O2. The fraction of sp³-hybridized carbons (Fsp3) is 0.333. The van der Waals surface area contributed by atoms with Crippen LogP contribution in [0.4, 0.5) is 10.5 Å². The summed E-state index contributed by atoms with van der Waals surface area (Å²) in [5.41, 5.74) is 6.56. The van der Waals surface area contributed by atoms with Gasteiger partial charge in [-0.15, -0.1) is 0 Å². The lowest BCUT2D eigenvalue weighted by Gasteiger charge is -2.46. The van der Waals surface area contributed by atoms with Gasteiger partial charge in [0, 0.05) is 22.3 Å². The number of carbonyl (C=O) groups excluding carboxylic acids is 2. The molecule has 1 saturated heterocycles. The van der Waals surface area contributed by atoms with Crippen LogP contribution in [0, 0.1) is 6.92 Å². The van der Waals surface area contributed by atoms with Gasteiger partial charge in [0.2, 0.25) is 0 Å². The van der Waals surface area contributed by atoms with E-state index in [-0.39, 0.29) is 23.7 Å². The molecule has 1 N–H and O–H groups in total. The Balaban J connectivity index is 1.67. The van der Waals surface area contributed by atoms with Crippen molar-refractivity contribution >= 4 is 40.9 Å². The average Bonchev–Trinajstić information content (AvgIpc) is 2.97. The summed E-state index contributed by atoms with van der Waals surface area (Å²) >= 11 is 5.94. The molecule has 6 heteroatoms. The van der Waals surface area contributed by atoms with Crippen molar-refractivity contribution in [1.29, 1.82) is 0 Å². The highest BCUT2D eigenvalue weighted by Crippen LogP contribution is 2.41.